The van der Waals surface area contributed by atoms with Gasteiger partial charge in [0.2, 0.25) is 0 Å². The van der Waals surface area contributed by atoms with Crippen molar-refractivity contribution in [1.82, 2.24) is 10.3 Å². The number of thiazole rings is 1. The van der Waals surface area contributed by atoms with Crippen molar-refractivity contribution in [2.45, 2.75) is 25.4 Å². The monoisotopic (exact) mass is 246 g/mol. The number of nitrogens with one attached hydrogen (secondary N) is 1. The summed E-state index contributed by atoms with van der Waals surface area (Å²) in [6.07, 6.45) is 4.55. The summed E-state index contributed by atoms with van der Waals surface area (Å²) in [7, 11) is 0. The molecule has 17 heavy (non-hydrogen) atoms. The van der Waals surface area contributed by atoms with Crippen LogP contribution in [-0.4, -0.2) is 16.1 Å². The van der Waals surface area contributed by atoms with Crippen molar-refractivity contribution in [1.29, 1.82) is 0 Å². The second-order valence-corrected chi connectivity index (χ2v) is 5.45. The van der Waals surface area contributed by atoms with Crippen molar-refractivity contribution in [3.05, 3.63) is 35.3 Å². The highest BCUT2D eigenvalue weighted by molar-refractivity contribution is 7.15. The fraction of sp³-hybridized carbons (Fsp3) is 0.308. The number of phenols is 1. The van der Waals surface area contributed by atoms with Gasteiger partial charge in [0.1, 0.15) is 10.8 Å². The second kappa shape index (κ2) is 4.47. The molecule has 1 aliphatic carbocycles. The van der Waals surface area contributed by atoms with Crippen molar-refractivity contribution < 1.29 is 5.11 Å². The predicted octanol–water partition coefficient (Wildman–Crippen LogP) is 2.77. The summed E-state index contributed by atoms with van der Waals surface area (Å²) in [5.74, 6) is 0.293. The second-order valence-electron chi connectivity index (χ2n) is 4.33. The molecule has 2 N–H and O–H groups in total. The fourth-order valence-electron chi connectivity index (χ4n) is 1.66. The average molecular weight is 246 g/mol. The highest BCUT2D eigenvalue weighted by Gasteiger charge is 2.20. The minimum absolute atomic E-state index is 0.293. The number of hydrogen-bond donors (Lipinski definition) is 2. The minimum atomic E-state index is 0.293. The van der Waals surface area contributed by atoms with Crippen LogP contribution in [0.15, 0.2) is 30.5 Å². The molecule has 2 aromatic rings. The first-order valence-corrected chi connectivity index (χ1v) is 6.60. The zero-order valence-corrected chi connectivity index (χ0v) is 10.2. The fourth-order valence-corrected chi connectivity index (χ4v) is 2.53. The standard InChI is InChI=1S/C13H14N2OS/c16-11-5-1-9(2-6-11)13-15-8-12(17-13)7-14-10-3-4-10/h1-2,5-6,8,10,14,16H,3-4,7H2. The van der Waals surface area contributed by atoms with E-state index in [-0.39, 0.29) is 0 Å². The maximum atomic E-state index is 9.23. The summed E-state index contributed by atoms with van der Waals surface area (Å²) in [6, 6.07) is 7.91. The molecular formula is C13H14N2OS. The number of rotatable bonds is 4. The molecule has 0 radical (unpaired) electrons. The molecular weight excluding hydrogens is 232 g/mol. The molecule has 0 amide bonds. The van der Waals surface area contributed by atoms with Crippen molar-refractivity contribution in [3.8, 4) is 16.3 Å². The lowest BCUT2D eigenvalue weighted by atomic mass is 10.2. The molecule has 1 heterocycles. The van der Waals surface area contributed by atoms with Gasteiger partial charge >= 0.3 is 0 Å². The summed E-state index contributed by atoms with van der Waals surface area (Å²) >= 11 is 1.71. The number of benzene rings is 1. The third-order valence-electron chi connectivity index (χ3n) is 2.81. The van der Waals surface area contributed by atoms with E-state index >= 15 is 0 Å². The van der Waals surface area contributed by atoms with E-state index in [1.54, 1.807) is 23.5 Å². The Bertz CT molecular complexity index is 502. The van der Waals surface area contributed by atoms with Crippen LogP contribution >= 0.6 is 11.3 Å². The van der Waals surface area contributed by atoms with Gasteiger partial charge in [-0.3, -0.25) is 0 Å². The van der Waals surface area contributed by atoms with Crippen LogP contribution in [0.3, 0.4) is 0 Å². The van der Waals surface area contributed by atoms with Crippen molar-refractivity contribution in [3.63, 3.8) is 0 Å². The van der Waals surface area contributed by atoms with Crippen LogP contribution in [0, 0.1) is 0 Å². The maximum absolute atomic E-state index is 9.23. The molecule has 3 nitrogen and oxygen atoms in total. The van der Waals surface area contributed by atoms with Crippen LogP contribution < -0.4 is 5.32 Å². The van der Waals surface area contributed by atoms with Crippen LogP contribution in [0.5, 0.6) is 5.75 Å². The predicted molar refractivity (Wildman–Crippen MR) is 69.1 cm³/mol. The molecule has 1 aromatic heterocycles. The molecule has 88 valence electrons. The van der Waals surface area contributed by atoms with Gasteiger partial charge in [-0.05, 0) is 37.1 Å². The highest BCUT2D eigenvalue weighted by Crippen LogP contribution is 2.27. The molecule has 1 fully saturated rings. The van der Waals surface area contributed by atoms with Gasteiger partial charge in [-0.25, -0.2) is 4.98 Å². The average Bonchev–Trinajstić information content (AvgIpc) is 3.06. The molecule has 3 rings (SSSR count). The molecule has 1 aromatic carbocycles. The molecule has 0 spiro atoms. The normalized spacial score (nSPS) is 15.1. The number of nitrogens with zero attached hydrogens (tertiary/aromatic N) is 1. The van der Waals surface area contributed by atoms with E-state index in [1.807, 2.05) is 18.3 Å². The van der Waals surface area contributed by atoms with E-state index in [2.05, 4.69) is 10.3 Å². The molecule has 0 atom stereocenters. The molecule has 0 bridgehead atoms. The van der Waals surface area contributed by atoms with Crippen LogP contribution in [0.4, 0.5) is 0 Å². The van der Waals surface area contributed by atoms with E-state index in [9.17, 15) is 5.11 Å². The van der Waals surface area contributed by atoms with Gasteiger partial charge in [0.25, 0.3) is 0 Å². The highest BCUT2D eigenvalue weighted by atomic mass is 32.1. The molecule has 1 aliphatic rings. The third-order valence-corrected chi connectivity index (χ3v) is 3.86. The molecule has 0 aliphatic heterocycles. The SMILES string of the molecule is Oc1ccc(-c2ncc(CNC3CC3)s2)cc1. The Morgan fingerprint density at radius 1 is 1.29 bits per heavy atom. The van der Waals surface area contributed by atoms with Gasteiger partial charge in [0.15, 0.2) is 0 Å². The summed E-state index contributed by atoms with van der Waals surface area (Å²) in [5.41, 5.74) is 1.06. The van der Waals surface area contributed by atoms with Crippen molar-refractivity contribution >= 4 is 11.3 Å². The van der Waals surface area contributed by atoms with Gasteiger partial charge in [0.05, 0.1) is 0 Å². The Morgan fingerprint density at radius 3 is 2.76 bits per heavy atom. The van der Waals surface area contributed by atoms with E-state index in [0.29, 0.717) is 5.75 Å². The lowest BCUT2D eigenvalue weighted by Gasteiger charge is -1.98. The van der Waals surface area contributed by atoms with E-state index in [4.69, 9.17) is 0 Å². The number of phenolic OH excluding ortho intramolecular Hbond substituents is 1. The largest absolute Gasteiger partial charge is 0.508 e. The Balaban J connectivity index is 1.72. The topological polar surface area (TPSA) is 45.2 Å². The van der Waals surface area contributed by atoms with E-state index < -0.39 is 0 Å². The van der Waals surface area contributed by atoms with Gasteiger partial charge in [-0.1, -0.05) is 0 Å². The minimum Gasteiger partial charge on any atom is -0.508 e. The zero-order valence-electron chi connectivity index (χ0n) is 9.39. The van der Waals surface area contributed by atoms with Crippen molar-refractivity contribution in [2.24, 2.45) is 0 Å². The Hall–Kier alpha value is -1.39. The van der Waals surface area contributed by atoms with Crippen LogP contribution in [0.25, 0.3) is 10.6 Å². The zero-order chi connectivity index (χ0) is 11.7. The van der Waals surface area contributed by atoms with Crippen LogP contribution in [-0.2, 0) is 6.54 Å². The van der Waals surface area contributed by atoms with Gasteiger partial charge in [0, 0.05) is 29.2 Å². The van der Waals surface area contributed by atoms with Gasteiger partial charge in [-0.15, -0.1) is 11.3 Å². The van der Waals surface area contributed by atoms with Crippen LogP contribution in [0.2, 0.25) is 0 Å². The summed E-state index contributed by atoms with van der Waals surface area (Å²) < 4.78 is 0. The molecule has 4 heteroatoms. The first-order chi connectivity index (χ1) is 8.31. The quantitative estimate of drug-likeness (QED) is 0.872. The molecule has 0 unspecified atom stereocenters. The maximum Gasteiger partial charge on any atom is 0.123 e. The van der Waals surface area contributed by atoms with Crippen molar-refractivity contribution in [2.75, 3.05) is 0 Å². The Morgan fingerprint density at radius 2 is 2.06 bits per heavy atom. The van der Waals surface area contributed by atoms with Crippen LogP contribution in [0.1, 0.15) is 17.7 Å². The number of aromatic hydroxyl groups is 1. The third kappa shape index (κ3) is 2.65. The van der Waals surface area contributed by atoms with E-state index in [0.717, 1.165) is 23.2 Å². The molecule has 0 saturated heterocycles. The lowest BCUT2D eigenvalue weighted by molar-refractivity contribution is 0.475. The van der Waals surface area contributed by atoms with Gasteiger partial charge in [-0.2, -0.15) is 0 Å². The number of hydrogen-bond acceptors (Lipinski definition) is 4. The summed E-state index contributed by atoms with van der Waals surface area (Å²) in [4.78, 5) is 5.68. The molecule has 1 saturated carbocycles. The summed E-state index contributed by atoms with van der Waals surface area (Å²) in [6.45, 7) is 0.917. The Kier molecular flexibility index (Phi) is 2.82. The first kappa shape index (κ1) is 10.7. The summed E-state index contributed by atoms with van der Waals surface area (Å²) in [5, 5.41) is 13.7. The smallest absolute Gasteiger partial charge is 0.123 e. The van der Waals surface area contributed by atoms with Gasteiger partial charge < -0.3 is 10.4 Å². The first-order valence-electron chi connectivity index (χ1n) is 5.79. The van der Waals surface area contributed by atoms with E-state index in [1.165, 1.54) is 17.7 Å². The number of aromatic nitrogens is 1. The lowest BCUT2D eigenvalue weighted by Crippen LogP contribution is -2.14. The Labute approximate surface area is 104 Å².